The van der Waals surface area contributed by atoms with E-state index >= 15 is 0 Å². The van der Waals surface area contributed by atoms with Crippen molar-refractivity contribution in [1.82, 2.24) is 0 Å². The Labute approximate surface area is 72.0 Å². The molecular weight excluding hydrogens is 152 g/mol. The lowest BCUT2D eigenvalue weighted by atomic mass is 10.0. The number of nitrogens with two attached hydrogens (primary N) is 2. The first kappa shape index (κ1) is 8.71. The maximum absolute atomic E-state index is 9.26. The minimum atomic E-state index is -0.0144. The van der Waals surface area contributed by atoms with Gasteiger partial charge in [0.15, 0.2) is 5.75 Å². The number of aromatic hydroxyl groups is 1. The molecule has 3 nitrogen and oxygen atoms in total. The van der Waals surface area contributed by atoms with E-state index in [4.69, 9.17) is 11.5 Å². The number of hydrogen-bond acceptors (Lipinski definition) is 3. The third kappa shape index (κ3) is 1.44. The molecule has 66 valence electrons. The number of phenolic OH excluding ortho intramolecular Hbond substituents is 1. The van der Waals surface area contributed by atoms with Gasteiger partial charge in [0.2, 0.25) is 0 Å². The lowest BCUT2D eigenvalue weighted by molar-refractivity contribution is 0.480. The molecular formula is C9H14N2O. The number of phenols is 1. The van der Waals surface area contributed by atoms with Crippen LogP contribution in [0, 0.1) is 0 Å². The zero-order valence-corrected chi connectivity index (χ0v) is 7.33. The van der Waals surface area contributed by atoms with Crippen molar-refractivity contribution < 1.29 is 5.11 Å². The third-order valence-electron chi connectivity index (χ3n) is 1.86. The fraction of sp³-hybridized carbons (Fsp3) is 0.333. The van der Waals surface area contributed by atoms with Crippen LogP contribution in [0.1, 0.15) is 25.3 Å². The molecule has 0 fully saturated rings. The highest BCUT2D eigenvalue weighted by Gasteiger charge is 2.06. The van der Waals surface area contributed by atoms with Crippen molar-refractivity contribution in [2.75, 3.05) is 11.5 Å². The summed E-state index contributed by atoms with van der Waals surface area (Å²) in [6.07, 6.45) is 0. The van der Waals surface area contributed by atoms with Gasteiger partial charge in [-0.1, -0.05) is 13.8 Å². The summed E-state index contributed by atoms with van der Waals surface area (Å²) in [6, 6.07) is 3.49. The Bertz CT molecular complexity index is 272. The molecule has 0 bridgehead atoms. The zero-order chi connectivity index (χ0) is 9.30. The second kappa shape index (κ2) is 2.93. The summed E-state index contributed by atoms with van der Waals surface area (Å²) in [7, 11) is 0. The van der Waals surface area contributed by atoms with Crippen molar-refractivity contribution in [2.45, 2.75) is 19.8 Å². The second-order valence-electron chi connectivity index (χ2n) is 3.20. The van der Waals surface area contributed by atoms with E-state index in [2.05, 4.69) is 0 Å². The van der Waals surface area contributed by atoms with Crippen molar-refractivity contribution in [3.8, 4) is 5.75 Å². The molecule has 5 N–H and O–H groups in total. The molecule has 0 aliphatic carbocycles. The van der Waals surface area contributed by atoms with Crippen LogP contribution in [0.15, 0.2) is 12.1 Å². The lowest BCUT2D eigenvalue weighted by Crippen LogP contribution is -1.96. The number of rotatable bonds is 1. The minimum absolute atomic E-state index is 0.0144. The van der Waals surface area contributed by atoms with Gasteiger partial charge in [0.05, 0.1) is 11.4 Å². The highest BCUT2D eigenvalue weighted by molar-refractivity contribution is 5.68. The normalized spacial score (nSPS) is 10.6. The Kier molecular flexibility index (Phi) is 2.13. The molecule has 0 heterocycles. The quantitative estimate of drug-likeness (QED) is 0.439. The Morgan fingerprint density at radius 2 is 1.58 bits per heavy atom. The van der Waals surface area contributed by atoms with Gasteiger partial charge in [-0.3, -0.25) is 0 Å². The summed E-state index contributed by atoms with van der Waals surface area (Å²) in [5.74, 6) is 0.356. The molecule has 0 spiro atoms. The van der Waals surface area contributed by atoms with Gasteiger partial charge >= 0.3 is 0 Å². The van der Waals surface area contributed by atoms with Crippen LogP contribution in [-0.2, 0) is 0 Å². The van der Waals surface area contributed by atoms with Crippen molar-refractivity contribution in [3.05, 3.63) is 17.7 Å². The molecule has 0 saturated carbocycles. The smallest absolute Gasteiger partial charge is 0.161 e. The molecule has 1 aromatic carbocycles. The molecule has 12 heavy (non-hydrogen) atoms. The fourth-order valence-electron chi connectivity index (χ4n) is 1.04. The average Bonchev–Trinajstić information content (AvgIpc) is 1.99. The van der Waals surface area contributed by atoms with E-state index in [0.29, 0.717) is 17.3 Å². The van der Waals surface area contributed by atoms with Gasteiger partial charge < -0.3 is 16.6 Å². The first-order valence-corrected chi connectivity index (χ1v) is 3.90. The Morgan fingerprint density at radius 1 is 1.17 bits per heavy atom. The van der Waals surface area contributed by atoms with E-state index in [1.165, 1.54) is 0 Å². The Morgan fingerprint density at radius 3 is 1.92 bits per heavy atom. The molecule has 3 heteroatoms. The SMILES string of the molecule is CC(C)c1cc(N)c(O)c(N)c1. The second-order valence-corrected chi connectivity index (χ2v) is 3.20. The van der Waals surface area contributed by atoms with Crippen LogP contribution in [-0.4, -0.2) is 5.11 Å². The van der Waals surface area contributed by atoms with Gasteiger partial charge in [-0.05, 0) is 23.6 Å². The summed E-state index contributed by atoms with van der Waals surface area (Å²) in [6.45, 7) is 4.09. The molecule has 0 saturated heterocycles. The van der Waals surface area contributed by atoms with Crippen molar-refractivity contribution in [2.24, 2.45) is 0 Å². The Hall–Kier alpha value is -1.38. The van der Waals surface area contributed by atoms with Crippen LogP contribution in [0.25, 0.3) is 0 Å². The van der Waals surface area contributed by atoms with Gasteiger partial charge in [-0.2, -0.15) is 0 Å². The van der Waals surface area contributed by atoms with Gasteiger partial charge in [-0.25, -0.2) is 0 Å². The van der Waals surface area contributed by atoms with Crippen LogP contribution >= 0.6 is 0 Å². The summed E-state index contributed by atoms with van der Waals surface area (Å²) in [5.41, 5.74) is 12.8. The number of hydrogen-bond donors (Lipinski definition) is 3. The van der Waals surface area contributed by atoms with Crippen molar-refractivity contribution >= 4 is 11.4 Å². The third-order valence-corrected chi connectivity index (χ3v) is 1.86. The van der Waals surface area contributed by atoms with Crippen molar-refractivity contribution in [1.29, 1.82) is 0 Å². The highest BCUT2D eigenvalue weighted by atomic mass is 16.3. The van der Waals surface area contributed by atoms with Crippen molar-refractivity contribution in [3.63, 3.8) is 0 Å². The topological polar surface area (TPSA) is 72.3 Å². The number of anilines is 2. The molecule has 0 unspecified atom stereocenters. The van der Waals surface area contributed by atoms with Gasteiger partial charge in [0, 0.05) is 0 Å². The van der Waals surface area contributed by atoms with E-state index in [0.717, 1.165) is 5.56 Å². The predicted molar refractivity (Wildman–Crippen MR) is 51.0 cm³/mol. The maximum Gasteiger partial charge on any atom is 0.161 e. The van der Waals surface area contributed by atoms with E-state index in [-0.39, 0.29) is 5.75 Å². The lowest BCUT2D eigenvalue weighted by Gasteiger charge is -2.09. The monoisotopic (exact) mass is 166 g/mol. The van der Waals surface area contributed by atoms with E-state index < -0.39 is 0 Å². The van der Waals surface area contributed by atoms with Crippen LogP contribution in [0.5, 0.6) is 5.75 Å². The van der Waals surface area contributed by atoms with Gasteiger partial charge in [0.1, 0.15) is 0 Å². The summed E-state index contributed by atoms with van der Waals surface area (Å²) < 4.78 is 0. The fourth-order valence-corrected chi connectivity index (χ4v) is 1.04. The maximum atomic E-state index is 9.26. The van der Waals surface area contributed by atoms with Crippen LogP contribution in [0.2, 0.25) is 0 Å². The summed E-state index contributed by atoms with van der Waals surface area (Å²) in [5, 5.41) is 9.26. The predicted octanol–water partition coefficient (Wildman–Crippen LogP) is 1.68. The molecule has 0 aromatic heterocycles. The molecule has 0 aliphatic heterocycles. The molecule has 1 aromatic rings. The van der Waals surface area contributed by atoms with Crippen LogP contribution in [0.3, 0.4) is 0 Å². The highest BCUT2D eigenvalue weighted by Crippen LogP contribution is 2.31. The van der Waals surface area contributed by atoms with Crippen LogP contribution in [0.4, 0.5) is 11.4 Å². The number of benzene rings is 1. The van der Waals surface area contributed by atoms with Crippen LogP contribution < -0.4 is 11.5 Å². The standard InChI is InChI=1S/C9H14N2O/c1-5(2)6-3-7(10)9(12)8(11)4-6/h3-5,12H,10-11H2,1-2H3. The first-order valence-electron chi connectivity index (χ1n) is 3.90. The largest absolute Gasteiger partial charge is 0.504 e. The van der Waals surface area contributed by atoms with Gasteiger partial charge in [-0.15, -0.1) is 0 Å². The molecule has 0 aliphatic rings. The molecule has 0 atom stereocenters. The van der Waals surface area contributed by atoms with E-state index in [1.54, 1.807) is 12.1 Å². The van der Waals surface area contributed by atoms with Gasteiger partial charge in [0.25, 0.3) is 0 Å². The van der Waals surface area contributed by atoms with E-state index in [1.807, 2.05) is 13.8 Å². The number of nitrogen functional groups attached to an aromatic ring is 2. The average molecular weight is 166 g/mol. The molecule has 1 rings (SSSR count). The Balaban J connectivity index is 3.21. The summed E-state index contributed by atoms with van der Waals surface area (Å²) in [4.78, 5) is 0. The molecule has 0 radical (unpaired) electrons. The zero-order valence-electron chi connectivity index (χ0n) is 7.33. The first-order chi connectivity index (χ1) is 5.52. The summed E-state index contributed by atoms with van der Waals surface area (Å²) >= 11 is 0. The van der Waals surface area contributed by atoms with E-state index in [9.17, 15) is 5.11 Å². The molecule has 0 amide bonds. The minimum Gasteiger partial charge on any atom is -0.504 e.